The average Bonchev–Trinajstić information content (AvgIpc) is 2.78. The van der Waals surface area contributed by atoms with Crippen molar-refractivity contribution in [3.63, 3.8) is 0 Å². The number of amides is 1. The summed E-state index contributed by atoms with van der Waals surface area (Å²) in [6, 6.07) is 11.0. The van der Waals surface area contributed by atoms with Crippen molar-refractivity contribution in [1.82, 2.24) is 10.3 Å². The summed E-state index contributed by atoms with van der Waals surface area (Å²) in [6.45, 7) is 1.74. The molecule has 2 heterocycles. The third-order valence-electron chi connectivity index (χ3n) is 3.16. The van der Waals surface area contributed by atoms with Crippen molar-refractivity contribution in [3.05, 3.63) is 53.9 Å². The highest BCUT2D eigenvalue weighted by molar-refractivity contribution is 5.92. The molecule has 1 amide bonds. The SMILES string of the molecule is O=C(NCc1ccc2c(c1)OCCCO2)c1ccccn1. The lowest BCUT2D eigenvalue weighted by atomic mass is 10.2. The number of nitrogens with zero attached hydrogens (tertiary/aromatic N) is 1. The zero-order valence-electron chi connectivity index (χ0n) is 11.5. The lowest BCUT2D eigenvalue weighted by molar-refractivity contribution is 0.0946. The lowest BCUT2D eigenvalue weighted by Crippen LogP contribution is -2.23. The molecule has 1 N–H and O–H groups in total. The number of ether oxygens (including phenoxy) is 2. The Morgan fingerprint density at radius 2 is 2.00 bits per heavy atom. The minimum absolute atomic E-state index is 0.192. The number of hydrogen-bond donors (Lipinski definition) is 1. The Morgan fingerprint density at radius 1 is 1.14 bits per heavy atom. The van der Waals surface area contributed by atoms with Crippen LogP contribution < -0.4 is 14.8 Å². The summed E-state index contributed by atoms with van der Waals surface area (Å²) < 4.78 is 11.2. The molecule has 5 heteroatoms. The first-order chi connectivity index (χ1) is 10.3. The zero-order valence-corrected chi connectivity index (χ0v) is 11.5. The maximum Gasteiger partial charge on any atom is 0.270 e. The van der Waals surface area contributed by atoms with Gasteiger partial charge in [0.15, 0.2) is 11.5 Å². The molecule has 108 valence electrons. The fourth-order valence-electron chi connectivity index (χ4n) is 2.09. The molecule has 0 spiro atoms. The molecule has 21 heavy (non-hydrogen) atoms. The largest absolute Gasteiger partial charge is 0.490 e. The van der Waals surface area contributed by atoms with Gasteiger partial charge in [-0.05, 0) is 29.8 Å². The van der Waals surface area contributed by atoms with E-state index in [1.165, 1.54) is 0 Å². The number of aromatic nitrogens is 1. The minimum atomic E-state index is -0.192. The van der Waals surface area contributed by atoms with Crippen LogP contribution in [-0.4, -0.2) is 24.1 Å². The Balaban J connectivity index is 1.66. The normalized spacial score (nSPS) is 13.3. The monoisotopic (exact) mass is 284 g/mol. The number of nitrogens with one attached hydrogen (secondary N) is 1. The molecule has 0 atom stereocenters. The van der Waals surface area contributed by atoms with E-state index in [2.05, 4.69) is 10.3 Å². The van der Waals surface area contributed by atoms with Crippen molar-refractivity contribution in [2.75, 3.05) is 13.2 Å². The van der Waals surface area contributed by atoms with Crippen LogP contribution in [0.15, 0.2) is 42.6 Å². The van der Waals surface area contributed by atoms with Gasteiger partial charge in [0.05, 0.1) is 13.2 Å². The lowest BCUT2D eigenvalue weighted by Gasteiger charge is -2.10. The molecule has 5 nitrogen and oxygen atoms in total. The van der Waals surface area contributed by atoms with Crippen LogP contribution in [0.5, 0.6) is 11.5 Å². The molecule has 3 rings (SSSR count). The van der Waals surface area contributed by atoms with Crippen LogP contribution in [0.25, 0.3) is 0 Å². The predicted octanol–water partition coefficient (Wildman–Crippen LogP) is 2.17. The van der Waals surface area contributed by atoms with Crippen molar-refractivity contribution in [2.24, 2.45) is 0 Å². The topological polar surface area (TPSA) is 60.5 Å². The van der Waals surface area contributed by atoms with Crippen molar-refractivity contribution in [1.29, 1.82) is 0 Å². The number of carbonyl (C=O) groups is 1. The highest BCUT2D eigenvalue weighted by Gasteiger charge is 2.11. The number of fused-ring (bicyclic) bond motifs is 1. The summed E-state index contributed by atoms with van der Waals surface area (Å²) in [4.78, 5) is 15.9. The molecule has 0 fully saturated rings. The fraction of sp³-hybridized carbons (Fsp3) is 0.250. The van der Waals surface area contributed by atoms with Gasteiger partial charge < -0.3 is 14.8 Å². The number of carbonyl (C=O) groups excluding carboxylic acids is 1. The number of pyridine rings is 1. The second kappa shape index (κ2) is 6.26. The van der Waals surface area contributed by atoms with Crippen molar-refractivity contribution < 1.29 is 14.3 Å². The van der Waals surface area contributed by atoms with Gasteiger partial charge in [-0.1, -0.05) is 12.1 Å². The van der Waals surface area contributed by atoms with Crippen LogP contribution in [0.1, 0.15) is 22.5 Å². The van der Waals surface area contributed by atoms with Crippen LogP contribution in [0.3, 0.4) is 0 Å². The van der Waals surface area contributed by atoms with E-state index in [0.717, 1.165) is 23.5 Å². The molecule has 0 radical (unpaired) electrons. The molecular weight excluding hydrogens is 268 g/mol. The summed E-state index contributed by atoms with van der Waals surface area (Å²) in [5, 5.41) is 2.84. The molecule has 0 unspecified atom stereocenters. The van der Waals surface area contributed by atoms with Crippen molar-refractivity contribution in [3.8, 4) is 11.5 Å². The number of benzene rings is 1. The van der Waals surface area contributed by atoms with Gasteiger partial charge in [0.1, 0.15) is 5.69 Å². The first-order valence-electron chi connectivity index (χ1n) is 6.91. The van der Waals surface area contributed by atoms with E-state index in [9.17, 15) is 4.79 Å². The van der Waals surface area contributed by atoms with E-state index in [-0.39, 0.29) is 5.91 Å². The highest BCUT2D eigenvalue weighted by atomic mass is 16.5. The van der Waals surface area contributed by atoms with Gasteiger partial charge >= 0.3 is 0 Å². The van der Waals surface area contributed by atoms with E-state index in [1.54, 1.807) is 24.4 Å². The molecule has 0 saturated carbocycles. The van der Waals surface area contributed by atoms with E-state index in [0.29, 0.717) is 25.5 Å². The molecule has 2 aromatic rings. The molecule has 1 aromatic heterocycles. The molecule has 0 aliphatic carbocycles. The molecule has 1 aliphatic rings. The summed E-state index contributed by atoms with van der Waals surface area (Å²) in [6.07, 6.45) is 2.48. The number of rotatable bonds is 3. The molecule has 0 saturated heterocycles. The maximum atomic E-state index is 11.9. The standard InChI is InChI=1S/C16H16N2O3/c19-16(13-4-1-2-7-17-13)18-11-12-5-6-14-15(10-12)21-9-3-8-20-14/h1-2,4-7,10H,3,8-9,11H2,(H,18,19). The van der Waals surface area contributed by atoms with Crippen LogP contribution in [0.4, 0.5) is 0 Å². The zero-order chi connectivity index (χ0) is 14.5. The summed E-state index contributed by atoms with van der Waals surface area (Å²) in [5.41, 5.74) is 1.37. The third kappa shape index (κ3) is 3.31. The van der Waals surface area contributed by atoms with Gasteiger partial charge in [-0.15, -0.1) is 0 Å². The Bertz CT molecular complexity index is 629. The molecule has 1 aliphatic heterocycles. The smallest absolute Gasteiger partial charge is 0.270 e. The van der Waals surface area contributed by atoms with Crippen molar-refractivity contribution in [2.45, 2.75) is 13.0 Å². The fourth-order valence-corrected chi connectivity index (χ4v) is 2.09. The molecule has 0 bridgehead atoms. The quantitative estimate of drug-likeness (QED) is 0.938. The van der Waals surface area contributed by atoms with Gasteiger partial charge in [-0.3, -0.25) is 9.78 Å². The summed E-state index contributed by atoms with van der Waals surface area (Å²) in [7, 11) is 0. The predicted molar refractivity (Wildman–Crippen MR) is 77.5 cm³/mol. The van der Waals surface area contributed by atoms with Crippen LogP contribution in [0.2, 0.25) is 0 Å². The Hall–Kier alpha value is -2.56. The van der Waals surface area contributed by atoms with E-state index in [4.69, 9.17) is 9.47 Å². The number of hydrogen-bond acceptors (Lipinski definition) is 4. The third-order valence-corrected chi connectivity index (χ3v) is 3.16. The summed E-state index contributed by atoms with van der Waals surface area (Å²) in [5.74, 6) is 1.30. The van der Waals surface area contributed by atoms with Gasteiger partial charge in [0.25, 0.3) is 5.91 Å². The second-order valence-corrected chi connectivity index (χ2v) is 4.73. The summed E-state index contributed by atoms with van der Waals surface area (Å²) >= 11 is 0. The van der Waals surface area contributed by atoms with E-state index in [1.807, 2.05) is 18.2 Å². The molecular formula is C16H16N2O3. The maximum absolute atomic E-state index is 11.9. The Morgan fingerprint density at radius 3 is 2.81 bits per heavy atom. The van der Waals surface area contributed by atoms with Gasteiger partial charge in [0.2, 0.25) is 0 Å². The van der Waals surface area contributed by atoms with Crippen LogP contribution >= 0.6 is 0 Å². The second-order valence-electron chi connectivity index (χ2n) is 4.73. The molecule has 1 aromatic carbocycles. The van der Waals surface area contributed by atoms with E-state index < -0.39 is 0 Å². The minimum Gasteiger partial charge on any atom is -0.490 e. The van der Waals surface area contributed by atoms with E-state index >= 15 is 0 Å². The Labute approximate surface area is 122 Å². The van der Waals surface area contributed by atoms with Gasteiger partial charge in [-0.2, -0.15) is 0 Å². The highest BCUT2D eigenvalue weighted by Crippen LogP contribution is 2.30. The van der Waals surface area contributed by atoms with Gasteiger partial charge in [-0.25, -0.2) is 0 Å². The average molecular weight is 284 g/mol. The van der Waals surface area contributed by atoms with Crippen molar-refractivity contribution >= 4 is 5.91 Å². The first-order valence-corrected chi connectivity index (χ1v) is 6.91. The van der Waals surface area contributed by atoms with Gasteiger partial charge in [0, 0.05) is 19.2 Å². The van der Waals surface area contributed by atoms with Crippen LogP contribution in [0, 0.1) is 0 Å². The van der Waals surface area contributed by atoms with Crippen LogP contribution in [-0.2, 0) is 6.54 Å². The first kappa shape index (κ1) is 13.4. The Kier molecular flexibility index (Phi) is 4.00.